The standard InChI is InChI=1S/C23H17F2N3O3/c1-13-9-15-16(11-27-22(15)26-10-13)21(29)19-17(24)7-8-18(20(19)25)28-23(30)31-12-14-5-3-2-4-6-14/h2-11H,12H2,1H3,(H,26,27)(H,28,30). The Balaban J connectivity index is 1.59. The average Bonchev–Trinajstić information content (AvgIpc) is 3.18. The number of nitrogens with one attached hydrogen (secondary N) is 2. The summed E-state index contributed by atoms with van der Waals surface area (Å²) >= 11 is 0. The number of hydrogen-bond donors (Lipinski definition) is 2. The Morgan fingerprint density at radius 3 is 2.68 bits per heavy atom. The molecule has 0 unspecified atom stereocenters. The van der Waals surface area contributed by atoms with Crippen molar-refractivity contribution in [2.24, 2.45) is 0 Å². The van der Waals surface area contributed by atoms with E-state index in [4.69, 9.17) is 4.74 Å². The zero-order chi connectivity index (χ0) is 22.0. The minimum atomic E-state index is -1.18. The van der Waals surface area contributed by atoms with Crippen LogP contribution in [0.15, 0.2) is 60.9 Å². The van der Waals surface area contributed by atoms with E-state index in [0.29, 0.717) is 11.0 Å². The molecule has 0 fully saturated rings. The molecule has 0 atom stereocenters. The van der Waals surface area contributed by atoms with Crippen LogP contribution in [0, 0.1) is 18.6 Å². The molecule has 2 N–H and O–H groups in total. The molecule has 2 aromatic heterocycles. The maximum absolute atomic E-state index is 15.0. The second kappa shape index (κ2) is 8.35. The first-order valence-electron chi connectivity index (χ1n) is 9.38. The number of aryl methyl sites for hydroxylation is 1. The Morgan fingerprint density at radius 1 is 1.13 bits per heavy atom. The van der Waals surface area contributed by atoms with Crippen molar-refractivity contribution in [1.29, 1.82) is 0 Å². The number of ether oxygens (including phenoxy) is 1. The first-order chi connectivity index (χ1) is 14.9. The van der Waals surface area contributed by atoms with Gasteiger partial charge in [-0.3, -0.25) is 10.1 Å². The summed E-state index contributed by atoms with van der Waals surface area (Å²) < 4.78 is 34.5. The topological polar surface area (TPSA) is 84.1 Å². The second-order valence-corrected chi connectivity index (χ2v) is 6.91. The number of carbonyl (C=O) groups excluding carboxylic acids is 2. The highest BCUT2D eigenvalue weighted by Gasteiger charge is 2.25. The number of carbonyl (C=O) groups is 2. The van der Waals surface area contributed by atoms with E-state index in [1.54, 1.807) is 43.5 Å². The van der Waals surface area contributed by atoms with Crippen molar-refractivity contribution < 1.29 is 23.1 Å². The fraction of sp³-hybridized carbons (Fsp3) is 0.0870. The predicted molar refractivity (Wildman–Crippen MR) is 111 cm³/mol. The van der Waals surface area contributed by atoms with Crippen molar-refractivity contribution in [2.45, 2.75) is 13.5 Å². The van der Waals surface area contributed by atoms with E-state index in [-0.39, 0.29) is 17.9 Å². The molecule has 2 aromatic carbocycles. The number of ketones is 1. The van der Waals surface area contributed by atoms with Gasteiger partial charge in [-0.1, -0.05) is 30.3 Å². The zero-order valence-corrected chi connectivity index (χ0v) is 16.4. The number of fused-ring (bicyclic) bond motifs is 1. The van der Waals surface area contributed by atoms with Gasteiger partial charge in [-0.2, -0.15) is 0 Å². The Kier molecular flexibility index (Phi) is 5.44. The number of benzene rings is 2. The summed E-state index contributed by atoms with van der Waals surface area (Å²) in [6.45, 7) is 1.77. The predicted octanol–water partition coefficient (Wildman–Crippen LogP) is 5.13. The maximum atomic E-state index is 15.0. The molecular weight excluding hydrogens is 404 g/mol. The third-order valence-electron chi connectivity index (χ3n) is 4.68. The van der Waals surface area contributed by atoms with E-state index < -0.39 is 29.1 Å². The molecule has 4 rings (SSSR count). The summed E-state index contributed by atoms with van der Waals surface area (Å²) in [5, 5.41) is 2.67. The molecule has 0 aliphatic rings. The van der Waals surface area contributed by atoms with E-state index in [1.807, 2.05) is 6.07 Å². The molecule has 0 aliphatic carbocycles. The third-order valence-corrected chi connectivity index (χ3v) is 4.68. The van der Waals surface area contributed by atoms with Gasteiger partial charge in [0.05, 0.1) is 11.3 Å². The van der Waals surface area contributed by atoms with Crippen molar-refractivity contribution in [3.63, 3.8) is 0 Å². The van der Waals surface area contributed by atoms with Crippen molar-refractivity contribution in [2.75, 3.05) is 5.32 Å². The third kappa shape index (κ3) is 4.13. The molecule has 31 heavy (non-hydrogen) atoms. The summed E-state index contributed by atoms with van der Waals surface area (Å²) in [7, 11) is 0. The highest BCUT2D eigenvalue weighted by Crippen LogP contribution is 2.27. The lowest BCUT2D eigenvalue weighted by atomic mass is 10.0. The first-order valence-corrected chi connectivity index (χ1v) is 9.38. The molecule has 4 aromatic rings. The minimum Gasteiger partial charge on any atom is -0.444 e. The largest absolute Gasteiger partial charge is 0.444 e. The van der Waals surface area contributed by atoms with E-state index in [9.17, 15) is 14.0 Å². The van der Waals surface area contributed by atoms with Gasteiger partial charge in [0.2, 0.25) is 5.78 Å². The summed E-state index contributed by atoms with van der Waals surface area (Å²) in [6.07, 6.45) is 2.03. The van der Waals surface area contributed by atoms with Gasteiger partial charge in [0.15, 0.2) is 5.82 Å². The summed E-state index contributed by atoms with van der Waals surface area (Å²) in [5.74, 6) is -3.09. The molecule has 2 heterocycles. The van der Waals surface area contributed by atoms with Crippen LogP contribution in [0.4, 0.5) is 19.3 Å². The fourth-order valence-electron chi connectivity index (χ4n) is 3.16. The van der Waals surface area contributed by atoms with Gasteiger partial charge in [-0.15, -0.1) is 0 Å². The van der Waals surface area contributed by atoms with Crippen LogP contribution < -0.4 is 5.32 Å². The van der Waals surface area contributed by atoms with Gasteiger partial charge >= 0.3 is 6.09 Å². The number of anilines is 1. The molecule has 6 nitrogen and oxygen atoms in total. The van der Waals surface area contributed by atoms with E-state index in [1.165, 1.54) is 6.20 Å². The molecule has 156 valence electrons. The number of nitrogens with zero attached hydrogens (tertiary/aromatic N) is 1. The monoisotopic (exact) mass is 421 g/mol. The van der Waals surface area contributed by atoms with E-state index >= 15 is 4.39 Å². The molecule has 0 saturated carbocycles. The number of rotatable bonds is 5. The Labute approximate surface area is 175 Å². The van der Waals surface area contributed by atoms with Gasteiger partial charge < -0.3 is 9.72 Å². The molecule has 0 aliphatic heterocycles. The normalized spacial score (nSPS) is 10.8. The number of pyridine rings is 1. The number of aromatic amines is 1. The van der Waals surface area contributed by atoms with Crippen molar-refractivity contribution in [1.82, 2.24) is 9.97 Å². The van der Waals surface area contributed by atoms with Crippen molar-refractivity contribution >= 4 is 28.6 Å². The smallest absolute Gasteiger partial charge is 0.412 e. The molecule has 0 radical (unpaired) electrons. The fourth-order valence-corrected chi connectivity index (χ4v) is 3.16. The molecule has 0 spiro atoms. The number of amides is 1. The summed E-state index contributed by atoms with van der Waals surface area (Å²) in [4.78, 5) is 32.0. The lowest BCUT2D eigenvalue weighted by Gasteiger charge is -2.11. The van der Waals surface area contributed by atoms with Crippen LogP contribution in [0.5, 0.6) is 0 Å². The molecule has 8 heteroatoms. The average molecular weight is 421 g/mol. The van der Waals surface area contributed by atoms with Crippen LogP contribution in [0.3, 0.4) is 0 Å². The van der Waals surface area contributed by atoms with Crippen LogP contribution in [-0.4, -0.2) is 21.8 Å². The second-order valence-electron chi connectivity index (χ2n) is 6.91. The number of halogens is 2. The highest BCUT2D eigenvalue weighted by atomic mass is 19.1. The quantitative estimate of drug-likeness (QED) is 0.438. The molecule has 1 amide bonds. The van der Waals surface area contributed by atoms with Crippen molar-refractivity contribution in [3.8, 4) is 0 Å². The van der Waals surface area contributed by atoms with Crippen LogP contribution in [0.25, 0.3) is 11.0 Å². The van der Waals surface area contributed by atoms with Crippen LogP contribution in [-0.2, 0) is 11.3 Å². The van der Waals surface area contributed by atoms with Crippen molar-refractivity contribution in [3.05, 3.63) is 94.8 Å². The Morgan fingerprint density at radius 2 is 1.90 bits per heavy atom. The maximum Gasteiger partial charge on any atom is 0.412 e. The van der Waals surface area contributed by atoms with Crippen LogP contribution in [0.2, 0.25) is 0 Å². The lowest BCUT2D eigenvalue weighted by Crippen LogP contribution is -2.17. The molecular formula is C23H17F2N3O3. The van der Waals surface area contributed by atoms with Gasteiger partial charge in [0.25, 0.3) is 0 Å². The summed E-state index contributed by atoms with van der Waals surface area (Å²) in [5.41, 5.74) is 0.900. The van der Waals surface area contributed by atoms with Gasteiger partial charge in [-0.25, -0.2) is 18.6 Å². The Hall–Kier alpha value is -4.07. The number of aromatic nitrogens is 2. The van der Waals surface area contributed by atoms with E-state index in [0.717, 1.165) is 23.3 Å². The highest BCUT2D eigenvalue weighted by molar-refractivity contribution is 6.16. The minimum absolute atomic E-state index is 0.0248. The number of H-pyrrole nitrogens is 1. The van der Waals surface area contributed by atoms with Gasteiger partial charge in [0, 0.05) is 23.3 Å². The lowest BCUT2D eigenvalue weighted by molar-refractivity contribution is 0.103. The molecule has 0 saturated heterocycles. The SMILES string of the molecule is Cc1cnc2[nH]cc(C(=O)c3c(F)ccc(NC(=O)OCc4ccccc4)c3F)c2c1. The first kappa shape index (κ1) is 20.2. The molecule has 0 bridgehead atoms. The van der Waals surface area contributed by atoms with Crippen LogP contribution in [0.1, 0.15) is 27.0 Å². The summed E-state index contributed by atoms with van der Waals surface area (Å²) in [6, 6.07) is 12.6. The zero-order valence-electron chi connectivity index (χ0n) is 16.4. The van der Waals surface area contributed by atoms with Crippen LogP contribution >= 0.6 is 0 Å². The van der Waals surface area contributed by atoms with Gasteiger partial charge in [0.1, 0.15) is 18.1 Å². The number of hydrogen-bond acceptors (Lipinski definition) is 4. The Bertz CT molecular complexity index is 1290. The van der Waals surface area contributed by atoms with E-state index in [2.05, 4.69) is 15.3 Å². The van der Waals surface area contributed by atoms with Gasteiger partial charge in [-0.05, 0) is 36.2 Å².